The summed E-state index contributed by atoms with van der Waals surface area (Å²) in [6.07, 6.45) is 6.03. The van der Waals surface area contributed by atoms with Crippen LogP contribution < -0.4 is 9.47 Å². The van der Waals surface area contributed by atoms with Crippen LogP contribution in [0.2, 0.25) is 0 Å². The second kappa shape index (κ2) is 7.00. The Labute approximate surface area is 164 Å². The first-order chi connectivity index (χ1) is 13.4. The third-order valence-electron chi connectivity index (χ3n) is 4.71. The quantitative estimate of drug-likeness (QED) is 0.488. The summed E-state index contributed by atoms with van der Waals surface area (Å²) in [5.74, 6) is 1.48. The number of allylic oxidation sites excluding steroid dienone is 1. The molecule has 1 aliphatic rings. The predicted molar refractivity (Wildman–Crippen MR) is 109 cm³/mol. The van der Waals surface area contributed by atoms with Gasteiger partial charge in [-0.15, -0.1) is 0 Å². The van der Waals surface area contributed by atoms with E-state index in [0.29, 0.717) is 11.3 Å². The molecule has 0 atom stereocenters. The summed E-state index contributed by atoms with van der Waals surface area (Å²) >= 11 is 0. The Morgan fingerprint density at radius 2 is 2.07 bits per heavy atom. The number of fused-ring (bicyclic) bond motifs is 1. The highest BCUT2D eigenvalue weighted by molar-refractivity contribution is 6.27. The lowest BCUT2D eigenvalue weighted by atomic mass is 9.98. The Morgan fingerprint density at radius 1 is 1.21 bits per heavy atom. The topological polar surface area (TPSA) is 53.4 Å². The van der Waals surface area contributed by atoms with Crippen molar-refractivity contribution < 1.29 is 14.3 Å². The van der Waals surface area contributed by atoms with E-state index in [1.54, 1.807) is 30.3 Å². The molecule has 4 rings (SSSR count). The molecule has 3 aromatic rings. The number of carbonyl (C=O) groups excluding carboxylic acids is 1. The summed E-state index contributed by atoms with van der Waals surface area (Å²) in [6.45, 7) is 4.10. The van der Waals surface area contributed by atoms with E-state index in [1.165, 1.54) is 0 Å². The molecule has 0 bridgehead atoms. The number of hydrogen-bond donors (Lipinski definition) is 0. The van der Waals surface area contributed by atoms with Gasteiger partial charge in [-0.05, 0) is 67.4 Å². The first kappa shape index (κ1) is 18.0. The van der Waals surface area contributed by atoms with Gasteiger partial charge in [0.2, 0.25) is 5.78 Å². The monoisotopic (exact) mass is 374 g/mol. The molecule has 0 saturated heterocycles. The van der Waals surface area contributed by atoms with Crippen LogP contribution in [-0.2, 0) is 6.42 Å². The molecule has 0 unspecified atom stereocenters. The van der Waals surface area contributed by atoms with Crippen molar-refractivity contribution in [2.75, 3.05) is 7.11 Å². The highest BCUT2D eigenvalue weighted by Gasteiger charge is 2.30. The van der Waals surface area contributed by atoms with Crippen LogP contribution in [0.5, 0.6) is 11.5 Å². The zero-order valence-corrected chi connectivity index (χ0v) is 16.2. The highest BCUT2D eigenvalue weighted by atomic mass is 16.5. The summed E-state index contributed by atoms with van der Waals surface area (Å²) in [5, 5.41) is 4.27. The van der Waals surface area contributed by atoms with Gasteiger partial charge in [0, 0.05) is 24.4 Å². The molecule has 0 spiro atoms. The molecule has 5 nitrogen and oxygen atoms in total. The Balaban J connectivity index is 1.74. The van der Waals surface area contributed by atoms with Gasteiger partial charge in [0.25, 0.3) is 0 Å². The molecule has 1 aliphatic heterocycles. The van der Waals surface area contributed by atoms with Crippen molar-refractivity contribution in [2.45, 2.75) is 25.9 Å². The van der Waals surface area contributed by atoms with Crippen molar-refractivity contribution >= 4 is 17.6 Å². The van der Waals surface area contributed by atoms with E-state index in [4.69, 9.17) is 9.47 Å². The van der Waals surface area contributed by atoms with E-state index in [0.717, 1.165) is 29.0 Å². The molecule has 0 radical (unpaired) electrons. The number of ether oxygens (including phenoxy) is 2. The second-order valence-electron chi connectivity index (χ2n) is 7.45. The van der Waals surface area contributed by atoms with Crippen molar-refractivity contribution in [1.82, 2.24) is 9.78 Å². The van der Waals surface area contributed by atoms with Crippen molar-refractivity contribution in [2.24, 2.45) is 0 Å². The fraction of sp³-hybridized carbons (Fsp3) is 0.217. The number of aromatic nitrogens is 2. The molecule has 0 fully saturated rings. The van der Waals surface area contributed by atoms with Gasteiger partial charge in [-0.1, -0.05) is 12.1 Å². The predicted octanol–water partition coefficient (Wildman–Crippen LogP) is 4.49. The Morgan fingerprint density at radius 3 is 2.82 bits per heavy atom. The van der Waals surface area contributed by atoms with Gasteiger partial charge in [-0.3, -0.25) is 4.79 Å². The van der Waals surface area contributed by atoms with E-state index in [2.05, 4.69) is 5.10 Å². The standard InChI is InChI=1S/C23H22N2O3/c1-23(2)15-18-14-17(8-9-21(18)28-23)22(26)20(25-11-5-10-24-25)13-16-6-4-7-19(12-16)27-3/h4-14H,15H2,1-3H3. The van der Waals surface area contributed by atoms with Crippen LogP contribution in [-0.4, -0.2) is 28.3 Å². The van der Waals surface area contributed by atoms with Crippen LogP contribution in [0.3, 0.4) is 0 Å². The average molecular weight is 374 g/mol. The SMILES string of the molecule is COc1cccc(C=C(C(=O)c2ccc3c(c2)CC(C)(C)O3)n2cccn2)c1. The molecule has 5 heteroatoms. The van der Waals surface area contributed by atoms with Gasteiger partial charge in [0.1, 0.15) is 22.8 Å². The highest BCUT2D eigenvalue weighted by Crippen LogP contribution is 2.35. The molecule has 1 aromatic heterocycles. The molecule has 0 N–H and O–H groups in total. The van der Waals surface area contributed by atoms with Crippen molar-refractivity contribution in [3.63, 3.8) is 0 Å². The Bertz CT molecular complexity index is 1050. The zero-order valence-electron chi connectivity index (χ0n) is 16.2. The molecule has 0 amide bonds. The van der Waals surface area contributed by atoms with Gasteiger partial charge in [0.15, 0.2) is 0 Å². The molecule has 0 saturated carbocycles. The maximum atomic E-state index is 13.4. The van der Waals surface area contributed by atoms with Gasteiger partial charge < -0.3 is 9.47 Å². The van der Waals surface area contributed by atoms with Gasteiger partial charge in [0.05, 0.1) is 7.11 Å². The Hall–Kier alpha value is -3.34. The lowest BCUT2D eigenvalue weighted by molar-refractivity contribution is 0.105. The minimum Gasteiger partial charge on any atom is -0.497 e. The minimum atomic E-state index is -0.245. The fourth-order valence-electron chi connectivity index (χ4n) is 3.43. The fourth-order valence-corrected chi connectivity index (χ4v) is 3.43. The summed E-state index contributed by atoms with van der Waals surface area (Å²) in [4.78, 5) is 13.4. The van der Waals surface area contributed by atoms with E-state index in [1.807, 2.05) is 62.4 Å². The minimum absolute atomic E-state index is 0.0981. The number of Topliss-reactive ketones (excluding diaryl/α,β-unsaturated/α-hetero) is 1. The first-order valence-corrected chi connectivity index (χ1v) is 9.18. The summed E-state index contributed by atoms with van der Waals surface area (Å²) in [6, 6.07) is 15.0. The third-order valence-corrected chi connectivity index (χ3v) is 4.71. The van der Waals surface area contributed by atoms with Crippen LogP contribution in [0.4, 0.5) is 0 Å². The van der Waals surface area contributed by atoms with E-state index in [9.17, 15) is 4.79 Å². The Kier molecular flexibility index (Phi) is 4.51. The van der Waals surface area contributed by atoms with Crippen molar-refractivity contribution in [1.29, 1.82) is 0 Å². The number of benzene rings is 2. The largest absolute Gasteiger partial charge is 0.497 e. The molecule has 28 heavy (non-hydrogen) atoms. The second-order valence-corrected chi connectivity index (χ2v) is 7.45. The lowest BCUT2D eigenvalue weighted by Gasteiger charge is -2.16. The number of ketones is 1. The van der Waals surface area contributed by atoms with Crippen molar-refractivity contribution in [3.05, 3.63) is 77.6 Å². The van der Waals surface area contributed by atoms with Crippen LogP contribution >= 0.6 is 0 Å². The molecule has 2 aromatic carbocycles. The van der Waals surface area contributed by atoms with Crippen molar-refractivity contribution in [3.8, 4) is 11.5 Å². The molecule has 0 aliphatic carbocycles. The van der Waals surface area contributed by atoms with Gasteiger partial charge in [-0.25, -0.2) is 4.68 Å². The van der Waals surface area contributed by atoms with E-state index in [-0.39, 0.29) is 11.4 Å². The zero-order chi connectivity index (χ0) is 19.7. The third kappa shape index (κ3) is 3.56. The number of hydrogen-bond acceptors (Lipinski definition) is 4. The molecule has 142 valence electrons. The summed E-state index contributed by atoms with van der Waals surface area (Å²) < 4.78 is 12.8. The summed E-state index contributed by atoms with van der Waals surface area (Å²) in [7, 11) is 1.62. The first-order valence-electron chi connectivity index (χ1n) is 9.18. The number of methoxy groups -OCH3 is 1. The lowest BCUT2D eigenvalue weighted by Crippen LogP contribution is -2.24. The molecular weight excluding hydrogens is 352 g/mol. The maximum absolute atomic E-state index is 13.4. The number of rotatable bonds is 5. The normalized spacial score (nSPS) is 15.0. The average Bonchev–Trinajstić information content (AvgIpc) is 3.31. The smallest absolute Gasteiger partial charge is 0.211 e. The van der Waals surface area contributed by atoms with Crippen LogP contribution in [0, 0.1) is 0 Å². The number of carbonyl (C=O) groups is 1. The van der Waals surface area contributed by atoms with Crippen LogP contribution in [0.1, 0.15) is 35.3 Å². The molecule has 2 heterocycles. The van der Waals surface area contributed by atoms with Crippen LogP contribution in [0.15, 0.2) is 60.9 Å². The van der Waals surface area contributed by atoms with Gasteiger partial charge in [-0.2, -0.15) is 5.10 Å². The maximum Gasteiger partial charge on any atom is 0.211 e. The van der Waals surface area contributed by atoms with E-state index < -0.39 is 0 Å². The summed E-state index contributed by atoms with van der Waals surface area (Å²) in [5.41, 5.74) is 2.76. The van der Waals surface area contributed by atoms with E-state index >= 15 is 0 Å². The molecular formula is C23H22N2O3. The number of nitrogens with zero attached hydrogens (tertiary/aromatic N) is 2. The van der Waals surface area contributed by atoms with Gasteiger partial charge >= 0.3 is 0 Å². The van der Waals surface area contributed by atoms with Crippen LogP contribution in [0.25, 0.3) is 11.8 Å².